The van der Waals surface area contributed by atoms with Crippen LogP contribution < -0.4 is 5.32 Å². The lowest BCUT2D eigenvalue weighted by molar-refractivity contribution is 0.0954. The second-order valence-electron chi connectivity index (χ2n) is 6.41. The minimum absolute atomic E-state index is 0.0330. The number of aryl methyl sites for hydroxylation is 4. The third-order valence-electron chi connectivity index (χ3n) is 4.89. The van der Waals surface area contributed by atoms with Crippen LogP contribution in [0.5, 0.6) is 0 Å². The Labute approximate surface area is 142 Å². The largest absolute Gasteiger partial charge is 0.358 e. The van der Waals surface area contributed by atoms with E-state index in [9.17, 15) is 4.79 Å². The van der Waals surface area contributed by atoms with Crippen LogP contribution in [0.4, 0.5) is 0 Å². The molecular formula is C19H24N4O. The quantitative estimate of drug-likeness (QED) is 0.774. The van der Waals surface area contributed by atoms with Gasteiger partial charge >= 0.3 is 0 Å². The normalized spacial score (nSPS) is 11.2. The number of rotatable bonds is 4. The van der Waals surface area contributed by atoms with Crippen LogP contribution in [0.1, 0.15) is 38.6 Å². The lowest BCUT2D eigenvalue weighted by Gasteiger charge is -2.06. The Morgan fingerprint density at radius 2 is 2.00 bits per heavy atom. The van der Waals surface area contributed by atoms with E-state index in [-0.39, 0.29) is 5.91 Å². The van der Waals surface area contributed by atoms with Gasteiger partial charge in [0.1, 0.15) is 0 Å². The molecule has 0 aliphatic heterocycles. The van der Waals surface area contributed by atoms with Crippen LogP contribution >= 0.6 is 0 Å². The molecule has 3 rings (SSSR count). The zero-order chi connectivity index (χ0) is 17.4. The van der Waals surface area contributed by atoms with E-state index < -0.39 is 0 Å². The van der Waals surface area contributed by atoms with Crippen molar-refractivity contribution < 1.29 is 4.79 Å². The Morgan fingerprint density at radius 1 is 1.25 bits per heavy atom. The van der Waals surface area contributed by atoms with Gasteiger partial charge in [0, 0.05) is 41.4 Å². The fourth-order valence-electron chi connectivity index (χ4n) is 3.18. The number of amides is 1. The van der Waals surface area contributed by atoms with E-state index in [1.807, 2.05) is 43.8 Å². The number of fused-ring (bicyclic) bond motifs is 1. The highest BCUT2D eigenvalue weighted by Gasteiger charge is 2.12. The molecule has 0 aliphatic rings. The van der Waals surface area contributed by atoms with E-state index in [1.54, 1.807) is 0 Å². The predicted molar refractivity (Wildman–Crippen MR) is 96.5 cm³/mol. The number of carbonyl (C=O) groups excluding carboxylic acids is 1. The van der Waals surface area contributed by atoms with E-state index in [4.69, 9.17) is 0 Å². The highest BCUT2D eigenvalue weighted by molar-refractivity contribution is 5.99. The summed E-state index contributed by atoms with van der Waals surface area (Å²) >= 11 is 0. The number of aromatic nitrogens is 3. The summed E-state index contributed by atoms with van der Waals surface area (Å²) in [7, 11) is 1.95. The fraction of sp³-hybridized carbons (Fsp3) is 0.368. The molecule has 0 saturated carbocycles. The molecule has 1 amide bonds. The van der Waals surface area contributed by atoms with Gasteiger partial charge in [0.15, 0.2) is 0 Å². The van der Waals surface area contributed by atoms with Crippen molar-refractivity contribution in [3.63, 3.8) is 0 Å². The van der Waals surface area contributed by atoms with Gasteiger partial charge in [-0.3, -0.25) is 9.48 Å². The molecule has 3 aromatic rings. The number of hydrogen-bond donors (Lipinski definition) is 2. The molecule has 0 aliphatic carbocycles. The molecule has 0 saturated heterocycles. The molecule has 2 N–H and O–H groups in total. The first kappa shape index (κ1) is 16.3. The molecular weight excluding hydrogens is 300 g/mol. The molecule has 5 heteroatoms. The number of nitrogens with zero attached hydrogens (tertiary/aromatic N) is 2. The van der Waals surface area contributed by atoms with Gasteiger partial charge in [0.05, 0.1) is 5.69 Å². The van der Waals surface area contributed by atoms with E-state index in [0.29, 0.717) is 12.1 Å². The summed E-state index contributed by atoms with van der Waals surface area (Å²) in [5.41, 5.74) is 7.51. The van der Waals surface area contributed by atoms with Crippen LogP contribution in [0, 0.1) is 27.7 Å². The van der Waals surface area contributed by atoms with Gasteiger partial charge in [-0.1, -0.05) is 0 Å². The molecule has 5 nitrogen and oxygen atoms in total. The minimum atomic E-state index is -0.0330. The number of aromatic amines is 1. The maximum Gasteiger partial charge on any atom is 0.251 e. The third kappa shape index (κ3) is 2.82. The van der Waals surface area contributed by atoms with Crippen molar-refractivity contribution in [2.45, 2.75) is 34.1 Å². The molecule has 0 spiro atoms. The lowest BCUT2D eigenvalue weighted by Crippen LogP contribution is -2.25. The van der Waals surface area contributed by atoms with Gasteiger partial charge < -0.3 is 10.3 Å². The van der Waals surface area contributed by atoms with Crippen LogP contribution in [0.25, 0.3) is 10.9 Å². The average Bonchev–Trinajstić information content (AvgIpc) is 2.97. The summed E-state index contributed by atoms with van der Waals surface area (Å²) < 4.78 is 1.89. The molecule has 0 fully saturated rings. The van der Waals surface area contributed by atoms with Crippen molar-refractivity contribution in [3.05, 3.63) is 52.0 Å². The zero-order valence-electron chi connectivity index (χ0n) is 14.9. The molecule has 0 radical (unpaired) electrons. The van der Waals surface area contributed by atoms with E-state index in [1.165, 1.54) is 11.1 Å². The Morgan fingerprint density at radius 3 is 2.67 bits per heavy atom. The first-order valence-electron chi connectivity index (χ1n) is 8.24. The molecule has 0 bridgehead atoms. The molecule has 2 heterocycles. The zero-order valence-corrected chi connectivity index (χ0v) is 14.9. The van der Waals surface area contributed by atoms with Crippen LogP contribution in [-0.2, 0) is 13.5 Å². The number of carbonyl (C=O) groups is 1. The molecule has 0 atom stereocenters. The molecule has 126 valence electrons. The predicted octanol–water partition coefficient (Wildman–Crippen LogP) is 3.11. The van der Waals surface area contributed by atoms with E-state index >= 15 is 0 Å². The second kappa shape index (κ2) is 6.15. The van der Waals surface area contributed by atoms with E-state index in [0.717, 1.165) is 34.4 Å². The standard InChI is InChI=1S/C19H24N4O/c1-11-12(2)21-18-7-6-15(10-17(11)18)19(24)20-9-8-16-13(3)22-23(5)14(16)4/h6-7,10,21H,8-9H2,1-5H3,(H,20,24). The Hall–Kier alpha value is -2.56. The Bertz CT molecular complexity index is 917. The van der Waals surface area contributed by atoms with Gasteiger partial charge in [0.2, 0.25) is 0 Å². The van der Waals surface area contributed by atoms with Crippen molar-refractivity contribution >= 4 is 16.8 Å². The molecule has 1 aromatic carbocycles. The number of nitrogens with one attached hydrogen (secondary N) is 2. The number of benzene rings is 1. The van der Waals surface area contributed by atoms with Gasteiger partial charge in [-0.2, -0.15) is 5.10 Å². The Kier molecular flexibility index (Phi) is 4.18. The molecule has 24 heavy (non-hydrogen) atoms. The van der Waals surface area contributed by atoms with Crippen molar-refractivity contribution in [2.24, 2.45) is 7.05 Å². The summed E-state index contributed by atoms with van der Waals surface area (Å²) in [4.78, 5) is 15.8. The van der Waals surface area contributed by atoms with E-state index in [2.05, 4.69) is 29.2 Å². The monoisotopic (exact) mass is 324 g/mol. The van der Waals surface area contributed by atoms with Crippen molar-refractivity contribution in [1.29, 1.82) is 0 Å². The number of H-pyrrole nitrogens is 1. The summed E-state index contributed by atoms with van der Waals surface area (Å²) in [5.74, 6) is -0.0330. The van der Waals surface area contributed by atoms with Gasteiger partial charge in [-0.25, -0.2) is 0 Å². The SMILES string of the molecule is Cc1nn(C)c(C)c1CCNC(=O)c1ccc2[nH]c(C)c(C)c2c1. The molecule has 2 aromatic heterocycles. The Balaban J connectivity index is 1.70. The summed E-state index contributed by atoms with van der Waals surface area (Å²) in [6.45, 7) is 8.80. The number of hydrogen-bond acceptors (Lipinski definition) is 2. The van der Waals surface area contributed by atoms with Crippen LogP contribution in [0.2, 0.25) is 0 Å². The van der Waals surface area contributed by atoms with Crippen LogP contribution in [0.15, 0.2) is 18.2 Å². The highest BCUT2D eigenvalue weighted by atomic mass is 16.1. The van der Waals surface area contributed by atoms with Gasteiger partial charge in [-0.05, 0) is 63.4 Å². The van der Waals surface area contributed by atoms with Gasteiger partial charge in [0.25, 0.3) is 5.91 Å². The topological polar surface area (TPSA) is 62.7 Å². The van der Waals surface area contributed by atoms with Crippen molar-refractivity contribution in [2.75, 3.05) is 6.54 Å². The first-order valence-corrected chi connectivity index (χ1v) is 8.24. The maximum absolute atomic E-state index is 12.4. The maximum atomic E-state index is 12.4. The third-order valence-corrected chi connectivity index (χ3v) is 4.89. The average molecular weight is 324 g/mol. The molecule has 0 unspecified atom stereocenters. The van der Waals surface area contributed by atoms with Crippen LogP contribution in [-0.4, -0.2) is 27.2 Å². The second-order valence-corrected chi connectivity index (χ2v) is 6.41. The van der Waals surface area contributed by atoms with Gasteiger partial charge in [-0.15, -0.1) is 0 Å². The first-order chi connectivity index (χ1) is 11.4. The summed E-state index contributed by atoms with van der Waals surface area (Å²) in [6, 6.07) is 5.80. The summed E-state index contributed by atoms with van der Waals surface area (Å²) in [5, 5.41) is 8.54. The minimum Gasteiger partial charge on any atom is -0.358 e. The smallest absolute Gasteiger partial charge is 0.251 e. The van der Waals surface area contributed by atoms with Crippen LogP contribution in [0.3, 0.4) is 0 Å². The summed E-state index contributed by atoms with van der Waals surface area (Å²) in [6.07, 6.45) is 0.793. The fourth-order valence-corrected chi connectivity index (χ4v) is 3.18. The van der Waals surface area contributed by atoms with Crippen molar-refractivity contribution in [3.8, 4) is 0 Å². The highest BCUT2D eigenvalue weighted by Crippen LogP contribution is 2.22. The lowest BCUT2D eigenvalue weighted by atomic mass is 10.1. The van der Waals surface area contributed by atoms with Crippen molar-refractivity contribution in [1.82, 2.24) is 20.1 Å².